The summed E-state index contributed by atoms with van der Waals surface area (Å²) in [5, 5.41) is 10.4. The molecule has 11 heteroatoms. The molecule has 192 valence electrons. The molecule has 9 nitrogen and oxygen atoms in total. The molecule has 5 aromatic heterocycles. The lowest BCUT2D eigenvalue weighted by Crippen LogP contribution is -2.13. The zero-order chi connectivity index (χ0) is 26.7. The van der Waals surface area contributed by atoms with Gasteiger partial charge in [-0.1, -0.05) is 0 Å². The summed E-state index contributed by atoms with van der Waals surface area (Å²) in [6.45, 7) is 1.54. The van der Waals surface area contributed by atoms with E-state index in [4.69, 9.17) is 0 Å². The number of ketones is 1. The second-order valence-electron chi connectivity index (χ2n) is 9.51. The lowest BCUT2D eigenvalue weighted by atomic mass is 10.0. The van der Waals surface area contributed by atoms with E-state index in [9.17, 15) is 9.59 Å². The number of hydrogen-bond donors (Lipinski definition) is 3. The summed E-state index contributed by atoms with van der Waals surface area (Å²) in [4.78, 5) is 42.0. The lowest BCUT2D eigenvalue weighted by Gasteiger charge is -2.08. The van der Waals surface area contributed by atoms with Crippen molar-refractivity contribution in [3.8, 4) is 33.1 Å². The number of hydrogen-bond acceptors (Lipinski definition) is 7. The van der Waals surface area contributed by atoms with Crippen LogP contribution in [-0.2, 0) is 4.79 Å². The molecule has 0 unspecified atom stereocenters. The molecule has 0 aliphatic heterocycles. The number of Topliss-reactive ketones (excluding diaryl/α,β-unsaturated/α-hetero) is 1. The normalized spacial score (nSPS) is 13.3. The number of amides is 1. The lowest BCUT2D eigenvalue weighted by molar-refractivity contribution is -0.117. The molecular formula is C28H20FN7O2S. The van der Waals surface area contributed by atoms with Crippen molar-refractivity contribution >= 4 is 50.8 Å². The minimum absolute atomic E-state index is 0.00199. The highest BCUT2D eigenvalue weighted by atomic mass is 32.1. The van der Waals surface area contributed by atoms with Gasteiger partial charge in [-0.3, -0.25) is 19.7 Å². The first kappa shape index (κ1) is 23.4. The van der Waals surface area contributed by atoms with E-state index in [1.165, 1.54) is 18.3 Å². The second kappa shape index (κ2) is 8.91. The number of rotatable bonds is 6. The van der Waals surface area contributed by atoms with E-state index in [0.29, 0.717) is 49.9 Å². The smallest absolute Gasteiger partial charge is 0.227 e. The highest BCUT2D eigenvalue weighted by Crippen LogP contribution is 2.37. The number of imidazole rings is 1. The fourth-order valence-corrected chi connectivity index (χ4v) is 5.55. The van der Waals surface area contributed by atoms with Gasteiger partial charge in [0.15, 0.2) is 17.3 Å². The molecule has 0 saturated heterocycles. The summed E-state index contributed by atoms with van der Waals surface area (Å²) in [6.07, 6.45) is 6.54. The van der Waals surface area contributed by atoms with Crippen LogP contribution in [0.1, 0.15) is 29.4 Å². The predicted octanol–water partition coefficient (Wildman–Crippen LogP) is 5.98. The number of anilines is 1. The van der Waals surface area contributed by atoms with Crippen molar-refractivity contribution in [3.63, 3.8) is 0 Å². The van der Waals surface area contributed by atoms with Crippen LogP contribution in [0.2, 0.25) is 0 Å². The van der Waals surface area contributed by atoms with Gasteiger partial charge in [0.2, 0.25) is 5.91 Å². The first-order valence-corrected chi connectivity index (χ1v) is 13.2. The average Bonchev–Trinajstić information content (AvgIpc) is 3.32. The highest BCUT2D eigenvalue weighted by molar-refractivity contribution is 7.17. The number of carbonyl (C=O) groups excluding carboxylic acids is 2. The van der Waals surface area contributed by atoms with E-state index < -0.39 is 5.82 Å². The number of fused-ring (bicyclic) bond motifs is 2. The number of aromatic amines is 2. The van der Waals surface area contributed by atoms with Crippen molar-refractivity contribution < 1.29 is 14.0 Å². The van der Waals surface area contributed by atoms with E-state index in [1.807, 2.05) is 12.1 Å². The number of carbonyl (C=O) groups is 2. The third-order valence-corrected chi connectivity index (χ3v) is 7.99. The van der Waals surface area contributed by atoms with Crippen LogP contribution < -0.4 is 5.32 Å². The number of aromatic nitrogens is 6. The number of nitrogens with one attached hydrogen (secondary N) is 3. The van der Waals surface area contributed by atoms with Gasteiger partial charge >= 0.3 is 0 Å². The Morgan fingerprint density at radius 1 is 1.10 bits per heavy atom. The van der Waals surface area contributed by atoms with Crippen molar-refractivity contribution in [2.24, 2.45) is 5.92 Å². The fourth-order valence-electron chi connectivity index (χ4n) is 4.61. The maximum absolute atomic E-state index is 16.1. The van der Waals surface area contributed by atoms with E-state index in [-0.39, 0.29) is 23.0 Å². The summed E-state index contributed by atoms with van der Waals surface area (Å²) in [5.41, 5.74) is 4.16. The molecule has 6 aromatic rings. The molecule has 7 rings (SSSR count). The van der Waals surface area contributed by atoms with Crippen molar-refractivity contribution in [2.45, 2.75) is 19.8 Å². The molecule has 5 heterocycles. The van der Waals surface area contributed by atoms with Gasteiger partial charge in [0.25, 0.3) is 0 Å². The predicted molar refractivity (Wildman–Crippen MR) is 147 cm³/mol. The monoisotopic (exact) mass is 537 g/mol. The van der Waals surface area contributed by atoms with Crippen molar-refractivity contribution in [1.82, 2.24) is 30.1 Å². The molecule has 0 bridgehead atoms. The second-order valence-corrected chi connectivity index (χ2v) is 10.6. The van der Waals surface area contributed by atoms with E-state index in [0.717, 1.165) is 23.3 Å². The molecule has 0 atom stereocenters. The van der Waals surface area contributed by atoms with Gasteiger partial charge < -0.3 is 10.3 Å². The number of benzene rings is 1. The van der Waals surface area contributed by atoms with Crippen LogP contribution in [0.3, 0.4) is 0 Å². The van der Waals surface area contributed by atoms with Gasteiger partial charge in [-0.2, -0.15) is 5.10 Å². The SMILES string of the molecule is CC(=O)c1ccc(-c2ccnc3nc(-c4n[nH]c5ccc(-c6cncc(NC(=O)C7CC7)c6)c(F)c45)[nH]c23)s1. The van der Waals surface area contributed by atoms with Crippen molar-refractivity contribution in [1.29, 1.82) is 0 Å². The van der Waals surface area contributed by atoms with Crippen LogP contribution >= 0.6 is 11.3 Å². The summed E-state index contributed by atoms with van der Waals surface area (Å²) in [7, 11) is 0. The number of nitrogens with zero attached hydrogens (tertiary/aromatic N) is 4. The molecular weight excluding hydrogens is 517 g/mol. The zero-order valence-electron chi connectivity index (χ0n) is 20.6. The van der Waals surface area contributed by atoms with Crippen LogP contribution in [0.5, 0.6) is 0 Å². The quantitative estimate of drug-likeness (QED) is 0.224. The highest BCUT2D eigenvalue weighted by Gasteiger charge is 2.29. The fraction of sp³-hybridized carbons (Fsp3) is 0.143. The minimum Gasteiger partial charge on any atom is -0.335 e. The molecule has 1 amide bonds. The Hall–Kier alpha value is -4.77. The van der Waals surface area contributed by atoms with Gasteiger partial charge in [0.05, 0.1) is 33.2 Å². The zero-order valence-corrected chi connectivity index (χ0v) is 21.4. The number of pyridine rings is 2. The molecule has 1 aromatic carbocycles. The first-order chi connectivity index (χ1) is 19.0. The molecule has 39 heavy (non-hydrogen) atoms. The average molecular weight is 538 g/mol. The molecule has 1 saturated carbocycles. The van der Waals surface area contributed by atoms with Crippen LogP contribution in [0, 0.1) is 11.7 Å². The third-order valence-electron chi connectivity index (χ3n) is 6.77. The third kappa shape index (κ3) is 4.07. The molecule has 0 radical (unpaired) electrons. The molecule has 1 aliphatic carbocycles. The van der Waals surface area contributed by atoms with Gasteiger partial charge in [0, 0.05) is 39.9 Å². The molecule has 3 N–H and O–H groups in total. The van der Waals surface area contributed by atoms with Gasteiger partial charge in [-0.05, 0) is 56.2 Å². The topological polar surface area (TPSA) is 129 Å². The number of halogens is 1. The van der Waals surface area contributed by atoms with Crippen molar-refractivity contribution in [3.05, 3.63) is 65.7 Å². The van der Waals surface area contributed by atoms with Crippen LogP contribution in [-0.4, -0.2) is 41.8 Å². The molecule has 0 spiro atoms. The molecule has 1 fully saturated rings. The Labute approximate surface area is 224 Å². The van der Waals surface area contributed by atoms with Crippen LogP contribution in [0.25, 0.3) is 55.2 Å². The van der Waals surface area contributed by atoms with E-state index >= 15 is 4.39 Å². The number of thiophene rings is 1. The largest absolute Gasteiger partial charge is 0.335 e. The van der Waals surface area contributed by atoms with Crippen molar-refractivity contribution in [2.75, 3.05) is 5.32 Å². The minimum atomic E-state index is -0.485. The summed E-state index contributed by atoms with van der Waals surface area (Å²) < 4.78 is 16.1. The standard InChI is InChI=1S/C28H20FN7O2S/c1-13(37)20-6-7-21(39-20)18-8-9-31-26-24(18)33-27(34-26)25-22-19(35-36-25)5-4-17(23(22)29)15-10-16(12-30-11-15)32-28(38)14-2-3-14/h4-12,14H,2-3H2,1H3,(H,32,38)(H,35,36)(H,31,33,34). The van der Waals surface area contributed by atoms with Gasteiger partial charge in [-0.25, -0.2) is 14.4 Å². The maximum Gasteiger partial charge on any atom is 0.227 e. The maximum atomic E-state index is 16.1. The Morgan fingerprint density at radius 3 is 2.77 bits per heavy atom. The van der Waals surface area contributed by atoms with Crippen LogP contribution in [0.4, 0.5) is 10.1 Å². The molecule has 1 aliphatic rings. The van der Waals surface area contributed by atoms with Gasteiger partial charge in [0.1, 0.15) is 11.5 Å². The van der Waals surface area contributed by atoms with E-state index in [2.05, 4.69) is 35.5 Å². The summed E-state index contributed by atoms with van der Waals surface area (Å²) >= 11 is 1.39. The van der Waals surface area contributed by atoms with Gasteiger partial charge in [-0.15, -0.1) is 11.3 Å². The first-order valence-electron chi connectivity index (χ1n) is 12.4. The number of H-pyrrole nitrogens is 2. The van der Waals surface area contributed by atoms with E-state index in [1.54, 1.807) is 42.9 Å². The summed E-state index contributed by atoms with van der Waals surface area (Å²) in [6, 6.07) is 10.7. The Balaban J connectivity index is 1.30. The van der Waals surface area contributed by atoms with Crippen LogP contribution in [0.15, 0.2) is 55.0 Å². The summed E-state index contributed by atoms with van der Waals surface area (Å²) in [5.74, 6) is -0.118. The Kier molecular flexibility index (Phi) is 5.34. The Morgan fingerprint density at radius 2 is 1.97 bits per heavy atom. The Bertz CT molecular complexity index is 1940.